The number of hydrogen-bond acceptors (Lipinski definition) is 2. The molecule has 0 aromatic heterocycles. The van der Waals surface area contributed by atoms with Crippen molar-refractivity contribution in [3.63, 3.8) is 0 Å². The zero-order valence-electron chi connectivity index (χ0n) is 11.5. The predicted octanol–water partition coefficient (Wildman–Crippen LogP) is 4.09. The zero-order valence-corrected chi connectivity index (χ0v) is 11.5. The van der Waals surface area contributed by atoms with Crippen LogP contribution < -0.4 is 5.32 Å². The maximum absolute atomic E-state index is 9.12. The summed E-state index contributed by atoms with van der Waals surface area (Å²) in [5.74, 6) is 0.866. The molecule has 1 atom stereocenters. The van der Waals surface area contributed by atoms with Crippen LogP contribution in [-0.4, -0.2) is 6.04 Å². The van der Waals surface area contributed by atoms with E-state index in [1.807, 2.05) is 13.8 Å². The van der Waals surface area contributed by atoms with E-state index in [1.54, 1.807) is 0 Å². The van der Waals surface area contributed by atoms with E-state index in [1.165, 1.54) is 24.9 Å². The van der Waals surface area contributed by atoms with Gasteiger partial charge >= 0.3 is 0 Å². The lowest BCUT2D eigenvalue weighted by Gasteiger charge is -2.20. The van der Waals surface area contributed by atoms with Gasteiger partial charge in [0.15, 0.2) is 0 Å². The van der Waals surface area contributed by atoms with Crippen LogP contribution in [0.4, 0.5) is 5.69 Å². The molecule has 1 fully saturated rings. The van der Waals surface area contributed by atoms with Gasteiger partial charge in [-0.1, -0.05) is 19.1 Å². The Labute approximate surface area is 110 Å². The number of nitrogens with zero attached hydrogens (tertiary/aromatic N) is 1. The smallest absolute Gasteiger partial charge is 0.0766 e. The molecule has 1 saturated carbocycles. The van der Waals surface area contributed by atoms with Gasteiger partial charge in [0.2, 0.25) is 0 Å². The average Bonchev–Trinajstić information content (AvgIpc) is 3.21. The molecule has 0 aliphatic heterocycles. The molecule has 1 N–H and O–H groups in total. The first-order valence-corrected chi connectivity index (χ1v) is 6.85. The maximum atomic E-state index is 9.12. The quantitative estimate of drug-likeness (QED) is 0.844. The van der Waals surface area contributed by atoms with Crippen LogP contribution in [0.1, 0.15) is 45.6 Å². The number of nitriles is 1. The van der Waals surface area contributed by atoms with Crippen molar-refractivity contribution < 1.29 is 0 Å². The van der Waals surface area contributed by atoms with Crippen molar-refractivity contribution in [3.8, 4) is 6.07 Å². The molecule has 2 heteroatoms. The lowest BCUT2D eigenvalue weighted by molar-refractivity contribution is 0.616. The summed E-state index contributed by atoms with van der Waals surface area (Å²) in [6, 6.07) is 11.3. The minimum absolute atomic E-state index is 0.404. The van der Waals surface area contributed by atoms with Crippen LogP contribution in [0.3, 0.4) is 0 Å². The Bertz CT molecular complexity index is 435. The van der Waals surface area contributed by atoms with Gasteiger partial charge < -0.3 is 5.32 Å². The molecule has 2 rings (SSSR count). The monoisotopic (exact) mass is 242 g/mol. The van der Waals surface area contributed by atoms with Gasteiger partial charge in [-0.2, -0.15) is 5.26 Å². The largest absolute Gasteiger partial charge is 0.382 e. The standard InChI is InChI=1S/C16H22N2/c1-4-15(12-5-6-12)18-14-9-7-13(8-10-14)16(2,3)11-17/h7-10,12,15,18H,4-6H2,1-3H3. The van der Waals surface area contributed by atoms with Crippen LogP contribution in [-0.2, 0) is 5.41 Å². The van der Waals surface area contributed by atoms with Crippen molar-refractivity contribution in [3.05, 3.63) is 29.8 Å². The average molecular weight is 242 g/mol. The first-order chi connectivity index (χ1) is 8.56. The van der Waals surface area contributed by atoms with Crippen molar-refractivity contribution >= 4 is 5.69 Å². The van der Waals surface area contributed by atoms with E-state index in [0.717, 1.165) is 11.5 Å². The van der Waals surface area contributed by atoms with E-state index in [-0.39, 0.29) is 0 Å². The van der Waals surface area contributed by atoms with Gasteiger partial charge in [0.05, 0.1) is 11.5 Å². The molecule has 0 radical (unpaired) electrons. The first-order valence-electron chi connectivity index (χ1n) is 6.85. The first kappa shape index (κ1) is 13.0. The Kier molecular flexibility index (Phi) is 3.61. The van der Waals surface area contributed by atoms with Crippen LogP contribution in [0.2, 0.25) is 0 Å². The molecule has 1 aliphatic carbocycles. The Balaban J connectivity index is 2.06. The lowest BCUT2D eigenvalue weighted by Crippen LogP contribution is -2.20. The van der Waals surface area contributed by atoms with Gasteiger partial charge in [0.25, 0.3) is 0 Å². The lowest BCUT2D eigenvalue weighted by atomic mass is 9.86. The molecular formula is C16H22N2. The fraction of sp³-hybridized carbons (Fsp3) is 0.562. The summed E-state index contributed by atoms with van der Waals surface area (Å²) in [4.78, 5) is 0. The molecule has 18 heavy (non-hydrogen) atoms. The van der Waals surface area contributed by atoms with Gasteiger partial charge in [0.1, 0.15) is 0 Å². The Morgan fingerprint density at radius 2 is 1.94 bits per heavy atom. The maximum Gasteiger partial charge on any atom is 0.0766 e. The van der Waals surface area contributed by atoms with Crippen molar-refractivity contribution in [1.29, 1.82) is 5.26 Å². The summed E-state index contributed by atoms with van der Waals surface area (Å²) in [5.41, 5.74) is 1.85. The molecule has 0 spiro atoms. The third kappa shape index (κ3) is 2.85. The van der Waals surface area contributed by atoms with Crippen molar-refractivity contribution in [2.24, 2.45) is 5.92 Å². The van der Waals surface area contributed by atoms with E-state index in [4.69, 9.17) is 5.26 Å². The topological polar surface area (TPSA) is 35.8 Å². The molecule has 0 heterocycles. The summed E-state index contributed by atoms with van der Waals surface area (Å²) >= 11 is 0. The fourth-order valence-electron chi connectivity index (χ4n) is 2.31. The third-order valence-electron chi connectivity index (χ3n) is 3.87. The number of nitrogens with one attached hydrogen (secondary N) is 1. The highest BCUT2D eigenvalue weighted by molar-refractivity contribution is 5.47. The molecule has 1 aromatic carbocycles. The summed E-state index contributed by atoms with van der Waals surface area (Å²) in [6.07, 6.45) is 3.91. The molecule has 1 aliphatic rings. The number of benzene rings is 1. The molecule has 0 amide bonds. The van der Waals surface area contributed by atoms with E-state index in [0.29, 0.717) is 6.04 Å². The van der Waals surface area contributed by atoms with Crippen LogP contribution >= 0.6 is 0 Å². The van der Waals surface area contributed by atoms with Crippen LogP contribution in [0.5, 0.6) is 0 Å². The van der Waals surface area contributed by atoms with Crippen molar-refractivity contribution in [1.82, 2.24) is 0 Å². The highest BCUT2D eigenvalue weighted by atomic mass is 14.9. The second-order valence-corrected chi connectivity index (χ2v) is 5.81. The number of hydrogen-bond donors (Lipinski definition) is 1. The van der Waals surface area contributed by atoms with E-state index < -0.39 is 5.41 Å². The molecule has 96 valence electrons. The minimum Gasteiger partial charge on any atom is -0.382 e. The third-order valence-corrected chi connectivity index (χ3v) is 3.87. The van der Waals surface area contributed by atoms with Gasteiger partial charge in [0, 0.05) is 11.7 Å². The van der Waals surface area contributed by atoms with Crippen LogP contribution in [0.25, 0.3) is 0 Å². The normalized spacial score (nSPS) is 17.0. The fourth-order valence-corrected chi connectivity index (χ4v) is 2.31. The molecule has 1 aromatic rings. The number of anilines is 1. The summed E-state index contributed by atoms with van der Waals surface area (Å²) < 4.78 is 0. The van der Waals surface area contributed by atoms with Crippen LogP contribution in [0, 0.1) is 17.2 Å². The second kappa shape index (κ2) is 5.02. The molecule has 0 bridgehead atoms. The highest BCUT2D eigenvalue weighted by Gasteiger charge is 2.29. The van der Waals surface area contributed by atoms with Gasteiger partial charge in [-0.05, 0) is 56.7 Å². The van der Waals surface area contributed by atoms with Crippen LogP contribution in [0.15, 0.2) is 24.3 Å². The Morgan fingerprint density at radius 3 is 2.39 bits per heavy atom. The Hall–Kier alpha value is -1.49. The summed E-state index contributed by atoms with van der Waals surface area (Å²) in [5, 5.41) is 12.7. The van der Waals surface area contributed by atoms with Gasteiger partial charge in [-0.3, -0.25) is 0 Å². The van der Waals surface area contributed by atoms with Crippen molar-refractivity contribution in [2.45, 2.75) is 51.5 Å². The number of rotatable bonds is 5. The zero-order chi connectivity index (χ0) is 13.2. The summed E-state index contributed by atoms with van der Waals surface area (Å²) in [6.45, 7) is 6.14. The SMILES string of the molecule is CCC(Nc1ccc(C(C)(C)C#N)cc1)C1CC1. The van der Waals surface area contributed by atoms with E-state index in [9.17, 15) is 0 Å². The molecule has 2 nitrogen and oxygen atoms in total. The van der Waals surface area contributed by atoms with Gasteiger partial charge in [-0.15, -0.1) is 0 Å². The summed E-state index contributed by atoms with van der Waals surface area (Å²) in [7, 11) is 0. The van der Waals surface area contributed by atoms with E-state index in [2.05, 4.69) is 42.6 Å². The van der Waals surface area contributed by atoms with Crippen molar-refractivity contribution in [2.75, 3.05) is 5.32 Å². The molecule has 0 saturated heterocycles. The van der Waals surface area contributed by atoms with Gasteiger partial charge in [-0.25, -0.2) is 0 Å². The predicted molar refractivity (Wildman–Crippen MR) is 75.5 cm³/mol. The molecular weight excluding hydrogens is 220 g/mol. The second-order valence-electron chi connectivity index (χ2n) is 5.81. The highest BCUT2D eigenvalue weighted by Crippen LogP contribution is 2.35. The molecule has 1 unspecified atom stereocenters. The van der Waals surface area contributed by atoms with E-state index >= 15 is 0 Å². The Morgan fingerprint density at radius 1 is 1.33 bits per heavy atom. The minimum atomic E-state index is -0.404.